The maximum Gasteiger partial charge on any atom is 0.530 e. The van der Waals surface area contributed by atoms with Crippen molar-refractivity contribution in [3.05, 3.63) is 82.9 Å². The lowest BCUT2D eigenvalue weighted by Crippen LogP contribution is -2.26. The monoisotopic (exact) mass is 406 g/mol. The van der Waals surface area contributed by atoms with Crippen LogP contribution in [0, 0.1) is 0 Å². The first kappa shape index (κ1) is 18.3. The van der Waals surface area contributed by atoms with Gasteiger partial charge in [0.1, 0.15) is 5.75 Å². The van der Waals surface area contributed by atoms with Gasteiger partial charge in [-0.2, -0.15) is 0 Å². The van der Waals surface area contributed by atoms with Crippen molar-refractivity contribution in [2.75, 3.05) is 0 Å². The Morgan fingerprint density at radius 3 is 1.62 bits per heavy atom. The second-order valence-corrected chi connectivity index (χ2v) is 9.56. The fourth-order valence-electron chi connectivity index (χ4n) is 4.36. The Bertz CT molecular complexity index is 1030. The largest absolute Gasteiger partial charge is 0.530 e. The summed E-state index contributed by atoms with van der Waals surface area (Å²) in [5.41, 5.74) is 3.02. The first-order valence-corrected chi connectivity index (χ1v) is 10.8. The van der Waals surface area contributed by atoms with Crippen LogP contribution in [0.1, 0.15) is 49.9 Å². The van der Waals surface area contributed by atoms with Crippen molar-refractivity contribution in [3.63, 3.8) is 0 Å². The third-order valence-electron chi connectivity index (χ3n) is 6.08. The molecule has 0 spiro atoms. The van der Waals surface area contributed by atoms with Crippen molar-refractivity contribution in [1.29, 1.82) is 0 Å². The van der Waals surface area contributed by atoms with Gasteiger partial charge in [-0.3, -0.25) is 0 Å². The highest BCUT2D eigenvalue weighted by Crippen LogP contribution is 2.70. The molecule has 5 rings (SSSR count). The summed E-state index contributed by atoms with van der Waals surface area (Å²) >= 11 is 0. The zero-order valence-electron chi connectivity index (χ0n) is 16.9. The van der Waals surface area contributed by atoms with E-state index in [0.29, 0.717) is 17.2 Å². The third kappa shape index (κ3) is 2.55. The van der Waals surface area contributed by atoms with E-state index in [1.165, 1.54) is 0 Å². The van der Waals surface area contributed by atoms with Crippen LogP contribution < -0.4 is 13.6 Å². The SMILES string of the molecule is CC(C)(c1ccccc1)c1c(O)c2c3c(C(C)(C)c4ccccc4)c1OP(O2)O3. The molecule has 0 aliphatic carbocycles. The van der Waals surface area contributed by atoms with E-state index in [2.05, 4.69) is 52.0 Å². The van der Waals surface area contributed by atoms with Gasteiger partial charge in [0.25, 0.3) is 0 Å². The number of benzene rings is 3. The van der Waals surface area contributed by atoms with Crippen LogP contribution in [0.3, 0.4) is 0 Å². The summed E-state index contributed by atoms with van der Waals surface area (Å²) in [7, 11) is -1.56. The van der Waals surface area contributed by atoms with Crippen molar-refractivity contribution in [3.8, 4) is 23.0 Å². The van der Waals surface area contributed by atoms with Crippen molar-refractivity contribution < 1.29 is 18.7 Å². The molecule has 3 aromatic carbocycles. The number of aromatic hydroxyl groups is 1. The normalized spacial score (nSPS) is 16.9. The lowest BCUT2D eigenvalue weighted by Gasteiger charge is -2.35. The van der Waals surface area contributed by atoms with Gasteiger partial charge in [0, 0.05) is 10.8 Å². The fourth-order valence-corrected chi connectivity index (χ4v) is 5.44. The number of phenols is 1. The zero-order chi connectivity index (χ0) is 20.4. The summed E-state index contributed by atoms with van der Waals surface area (Å²) < 4.78 is 18.0. The maximum absolute atomic E-state index is 11.2. The van der Waals surface area contributed by atoms with E-state index >= 15 is 0 Å². The van der Waals surface area contributed by atoms with Crippen LogP contribution >= 0.6 is 8.60 Å². The second kappa shape index (κ2) is 6.14. The summed E-state index contributed by atoms with van der Waals surface area (Å²) in [6.45, 7) is 8.50. The molecule has 1 N–H and O–H groups in total. The van der Waals surface area contributed by atoms with E-state index in [9.17, 15) is 5.11 Å². The van der Waals surface area contributed by atoms with Crippen LogP contribution in [-0.2, 0) is 10.8 Å². The molecule has 0 amide bonds. The predicted octanol–water partition coefficient (Wildman–Crippen LogP) is 6.43. The number of hydrogen-bond acceptors (Lipinski definition) is 4. The van der Waals surface area contributed by atoms with E-state index in [1.807, 2.05) is 36.4 Å². The Morgan fingerprint density at radius 2 is 1.07 bits per heavy atom. The predicted molar refractivity (Wildman–Crippen MR) is 114 cm³/mol. The molecular formula is C24H23O4P. The molecule has 1 unspecified atom stereocenters. The van der Waals surface area contributed by atoms with Crippen molar-refractivity contribution in [2.24, 2.45) is 0 Å². The summed E-state index contributed by atoms with van der Waals surface area (Å²) in [6, 6.07) is 20.4. The standard InChI is InChI=1S/C24H23O4P/c1-23(2,15-11-7-5-8-12-15)17-19(25)22-21-18(20(17)26-29(27-21)28-22)24(3,4)16-13-9-6-10-14-16/h5-14,25H,1-4H3. The third-order valence-corrected chi connectivity index (χ3v) is 7.07. The van der Waals surface area contributed by atoms with Crippen molar-refractivity contribution in [1.82, 2.24) is 0 Å². The van der Waals surface area contributed by atoms with Gasteiger partial charge in [0.2, 0.25) is 5.75 Å². The van der Waals surface area contributed by atoms with Crippen LogP contribution in [-0.4, -0.2) is 5.11 Å². The van der Waals surface area contributed by atoms with Crippen LogP contribution in [0.5, 0.6) is 23.0 Å². The van der Waals surface area contributed by atoms with Gasteiger partial charge >= 0.3 is 8.60 Å². The Kier molecular flexibility index (Phi) is 3.88. The summed E-state index contributed by atoms with van der Waals surface area (Å²) in [5.74, 6) is 1.80. The van der Waals surface area contributed by atoms with E-state index in [0.717, 1.165) is 22.3 Å². The summed E-state index contributed by atoms with van der Waals surface area (Å²) in [4.78, 5) is 0. The van der Waals surface area contributed by atoms with Gasteiger partial charge < -0.3 is 18.7 Å². The number of fused-ring (bicyclic) bond motifs is 2. The Morgan fingerprint density at radius 1 is 0.621 bits per heavy atom. The quantitative estimate of drug-likeness (QED) is 0.507. The lowest BCUT2D eigenvalue weighted by atomic mass is 9.71. The fraction of sp³-hybridized carbons (Fsp3) is 0.250. The van der Waals surface area contributed by atoms with E-state index in [4.69, 9.17) is 13.6 Å². The molecule has 0 radical (unpaired) electrons. The Hall–Kier alpha value is -2.71. The summed E-state index contributed by atoms with van der Waals surface area (Å²) in [5, 5.41) is 11.2. The molecule has 0 saturated heterocycles. The van der Waals surface area contributed by atoms with Crippen molar-refractivity contribution >= 4 is 8.60 Å². The molecule has 0 fully saturated rings. The lowest BCUT2D eigenvalue weighted by molar-refractivity contribution is 0.399. The van der Waals surface area contributed by atoms with Gasteiger partial charge in [-0.05, 0) is 11.1 Å². The Labute approximate surface area is 172 Å². The van der Waals surface area contributed by atoms with E-state index in [-0.39, 0.29) is 5.75 Å². The molecule has 0 saturated carbocycles. The van der Waals surface area contributed by atoms with Crippen molar-refractivity contribution in [2.45, 2.75) is 38.5 Å². The van der Waals surface area contributed by atoms with Gasteiger partial charge in [-0.15, -0.1) is 0 Å². The molecule has 29 heavy (non-hydrogen) atoms. The molecule has 148 valence electrons. The van der Waals surface area contributed by atoms with Gasteiger partial charge in [-0.1, -0.05) is 88.4 Å². The molecule has 2 heterocycles. The number of rotatable bonds is 4. The van der Waals surface area contributed by atoms with Gasteiger partial charge in [-0.25, -0.2) is 0 Å². The smallest absolute Gasteiger partial charge is 0.504 e. The van der Waals surface area contributed by atoms with Crippen LogP contribution in [0.2, 0.25) is 0 Å². The zero-order valence-corrected chi connectivity index (χ0v) is 17.8. The highest BCUT2D eigenvalue weighted by molar-refractivity contribution is 7.43. The molecule has 4 nitrogen and oxygen atoms in total. The highest BCUT2D eigenvalue weighted by Gasteiger charge is 2.51. The van der Waals surface area contributed by atoms with E-state index < -0.39 is 19.4 Å². The van der Waals surface area contributed by atoms with E-state index in [1.54, 1.807) is 0 Å². The Balaban J connectivity index is 1.80. The van der Waals surface area contributed by atoms with Gasteiger partial charge in [0.15, 0.2) is 11.5 Å². The minimum atomic E-state index is -1.56. The number of phenolic OH excluding ortho intramolecular Hbond substituents is 1. The first-order valence-electron chi connectivity index (χ1n) is 9.71. The molecule has 2 aliphatic rings. The molecule has 3 aromatic rings. The number of hydrogen-bond donors (Lipinski definition) is 1. The highest BCUT2D eigenvalue weighted by atomic mass is 31.2. The maximum atomic E-state index is 11.2. The second-order valence-electron chi connectivity index (χ2n) is 8.57. The topological polar surface area (TPSA) is 47.9 Å². The molecule has 0 aromatic heterocycles. The molecule has 1 atom stereocenters. The molecule has 2 aliphatic heterocycles. The average molecular weight is 406 g/mol. The minimum absolute atomic E-state index is 0.110. The van der Waals surface area contributed by atoms with Gasteiger partial charge in [0.05, 0.1) is 11.1 Å². The molecule has 3 bridgehead atoms. The van der Waals surface area contributed by atoms with Crippen LogP contribution in [0.25, 0.3) is 0 Å². The first-order chi connectivity index (χ1) is 13.8. The minimum Gasteiger partial charge on any atom is -0.504 e. The summed E-state index contributed by atoms with van der Waals surface area (Å²) in [6.07, 6.45) is 0. The average Bonchev–Trinajstić information content (AvgIpc) is 2.99. The van der Waals surface area contributed by atoms with Crippen LogP contribution in [0.15, 0.2) is 60.7 Å². The molecule has 5 heteroatoms. The molecular weight excluding hydrogens is 383 g/mol. The van der Waals surface area contributed by atoms with Crippen LogP contribution in [0.4, 0.5) is 0 Å².